The molecule has 0 aliphatic carbocycles. The van der Waals surface area contributed by atoms with Crippen molar-refractivity contribution < 1.29 is 14.6 Å². The topological polar surface area (TPSA) is 85.4 Å². The van der Waals surface area contributed by atoms with Gasteiger partial charge >= 0.3 is 5.97 Å². The zero-order chi connectivity index (χ0) is 14.0. The lowest BCUT2D eigenvalue weighted by Crippen LogP contribution is -2.03. The molecule has 0 saturated carbocycles. The molecule has 5 nitrogen and oxygen atoms in total. The third-order valence-corrected chi connectivity index (χ3v) is 2.87. The summed E-state index contributed by atoms with van der Waals surface area (Å²) in [6.07, 6.45) is 1.34. The van der Waals surface area contributed by atoms with Crippen molar-refractivity contribution in [1.29, 1.82) is 0 Å². The third kappa shape index (κ3) is 2.95. The third-order valence-electron chi connectivity index (χ3n) is 2.45. The molecule has 0 fully saturated rings. The van der Waals surface area contributed by atoms with Crippen LogP contribution in [0.5, 0.6) is 11.6 Å². The predicted molar refractivity (Wildman–Crippen MR) is 71.9 cm³/mol. The second-order valence-corrected chi connectivity index (χ2v) is 4.35. The molecule has 19 heavy (non-hydrogen) atoms. The first kappa shape index (κ1) is 13.2. The fourth-order valence-electron chi connectivity index (χ4n) is 1.50. The van der Waals surface area contributed by atoms with Gasteiger partial charge in [0.1, 0.15) is 11.3 Å². The van der Waals surface area contributed by atoms with E-state index in [1.54, 1.807) is 18.2 Å². The van der Waals surface area contributed by atoms with Crippen molar-refractivity contribution >= 4 is 23.3 Å². The van der Waals surface area contributed by atoms with Crippen LogP contribution in [0.1, 0.15) is 15.9 Å². The maximum Gasteiger partial charge on any atom is 0.341 e. The van der Waals surface area contributed by atoms with E-state index in [2.05, 4.69) is 4.98 Å². The number of pyridine rings is 1. The Morgan fingerprint density at radius 3 is 2.79 bits per heavy atom. The fourth-order valence-corrected chi connectivity index (χ4v) is 1.61. The highest BCUT2D eigenvalue weighted by molar-refractivity contribution is 6.31. The van der Waals surface area contributed by atoms with Crippen molar-refractivity contribution in [2.24, 2.45) is 0 Å². The van der Waals surface area contributed by atoms with Crippen LogP contribution in [-0.4, -0.2) is 16.1 Å². The molecule has 2 rings (SSSR count). The van der Waals surface area contributed by atoms with Crippen LogP contribution in [-0.2, 0) is 0 Å². The molecule has 0 aliphatic rings. The van der Waals surface area contributed by atoms with Gasteiger partial charge in [0.2, 0.25) is 5.88 Å². The Hall–Kier alpha value is -2.27. The SMILES string of the molecule is Cc1cc(Oc2ncc(N)cc2C(=O)O)ccc1Cl. The lowest BCUT2D eigenvalue weighted by Gasteiger charge is -2.09. The minimum absolute atomic E-state index is 0.0107. The number of nitrogens with two attached hydrogens (primary N) is 1. The number of anilines is 1. The van der Waals surface area contributed by atoms with E-state index in [4.69, 9.17) is 27.2 Å². The van der Waals surface area contributed by atoms with Crippen molar-refractivity contribution in [3.8, 4) is 11.6 Å². The Labute approximate surface area is 114 Å². The van der Waals surface area contributed by atoms with E-state index >= 15 is 0 Å². The molecular formula is C13H11ClN2O3. The number of benzene rings is 1. The van der Waals surface area contributed by atoms with Gasteiger partial charge in [0.05, 0.1) is 11.9 Å². The largest absolute Gasteiger partial charge is 0.477 e. The van der Waals surface area contributed by atoms with Crippen LogP contribution in [0.3, 0.4) is 0 Å². The normalized spacial score (nSPS) is 10.2. The maximum atomic E-state index is 11.1. The first-order valence-electron chi connectivity index (χ1n) is 5.40. The molecule has 2 aromatic rings. The number of carboxylic acids is 1. The molecule has 3 N–H and O–H groups in total. The molecule has 0 spiro atoms. The summed E-state index contributed by atoms with van der Waals surface area (Å²) in [6.45, 7) is 1.82. The number of rotatable bonds is 3. The summed E-state index contributed by atoms with van der Waals surface area (Å²) in [6, 6.07) is 6.31. The lowest BCUT2D eigenvalue weighted by atomic mass is 10.2. The number of nitrogens with zero attached hydrogens (tertiary/aromatic N) is 1. The average Bonchev–Trinajstić information content (AvgIpc) is 2.36. The van der Waals surface area contributed by atoms with Crippen LogP contribution in [0, 0.1) is 6.92 Å². The maximum absolute atomic E-state index is 11.1. The second-order valence-electron chi connectivity index (χ2n) is 3.94. The molecule has 1 aromatic carbocycles. The minimum atomic E-state index is -1.15. The molecule has 1 aromatic heterocycles. The number of aromatic carboxylic acids is 1. The zero-order valence-electron chi connectivity index (χ0n) is 10.1. The highest BCUT2D eigenvalue weighted by atomic mass is 35.5. The highest BCUT2D eigenvalue weighted by Crippen LogP contribution is 2.27. The summed E-state index contributed by atoms with van der Waals surface area (Å²) < 4.78 is 5.46. The van der Waals surface area contributed by atoms with Gasteiger partial charge in [-0.1, -0.05) is 11.6 Å². The fraction of sp³-hybridized carbons (Fsp3) is 0.0769. The van der Waals surface area contributed by atoms with Crippen molar-refractivity contribution in [2.45, 2.75) is 6.92 Å². The summed E-state index contributed by atoms with van der Waals surface area (Å²) in [5.41, 5.74) is 6.50. The first-order valence-corrected chi connectivity index (χ1v) is 5.78. The molecule has 0 bridgehead atoms. The second kappa shape index (κ2) is 5.16. The Kier molecular flexibility index (Phi) is 3.57. The van der Waals surface area contributed by atoms with Gasteiger partial charge in [-0.3, -0.25) is 0 Å². The van der Waals surface area contributed by atoms with Crippen LogP contribution < -0.4 is 10.5 Å². The van der Waals surface area contributed by atoms with Crippen LogP contribution in [0.2, 0.25) is 5.02 Å². The van der Waals surface area contributed by atoms with Crippen LogP contribution in [0.25, 0.3) is 0 Å². The Balaban J connectivity index is 2.37. The monoisotopic (exact) mass is 278 g/mol. The molecule has 0 aliphatic heterocycles. The van der Waals surface area contributed by atoms with E-state index in [-0.39, 0.29) is 17.1 Å². The van der Waals surface area contributed by atoms with E-state index in [0.717, 1.165) is 5.56 Å². The number of halogens is 1. The van der Waals surface area contributed by atoms with Gasteiger partial charge in [0, 0.05) is 5.02 Å². The molecule has 6 heteroatoms. The van der Waals surface area contributed by atoms with E-state index in [0.29, 0.717) is 10.8 Å². The number of ether oxygens (including phenoxy) is 1. The van der Waals surface area contributed by atoms with Crippen molar-refractivity contribution in [3.05, 3.63) is 46.6 Å². The summed E-state index contributed by atoms with van der Waals surface area (Å²) in [4.78, 5) is 15.0. The molecule has 1 heterocycles. The highest BCUT2D eigenvalue weighted by Gasteiger charge is 2.14. The van der Waals surface area contributed by atoms with Crippen molar-refractivity contribution in [3.63, 3.8) is 0 Å². The molecule has 0 atom stereocenters. The molecule has 0 radical (unpaired) electrons. The van der Waals surface area contributed by atoms with Crippen LogP contribution in [0.4, 0.5) is 5.69 Å². The lowest BCUT2D eigenvalue weighted by molar-refractivity contribution is 0.0693. The number of nitrogen functional groups attached to an aromatic ring is 1. The summed E-state index contributed by atoms with van der Waals surface area (Å²) in [7, 11) is 0. The van der Waals surface area contributed by atoms with Gasteiger partial charge in [0.25, 0.3) is 0 Å². The van der Waals surface area contributed by atoms with Gasteiger partial charge in [-0.15, -0.1) is 0 Å². The van der Waals surface area contributed by atoms with E-state index in [9.17, 15) is 4.79 Å². The van der Waals surface area contributed by atoms with E-state index in [1.165, 1.54) is 12.3 Å². The number of carboxylic acid groups (broad SMARTS) is 1. The number of aromatic nitrogens is 1. The van der Waals surface area contributed by atoms with Crippen LogP contribution >= 0.6 is 11.6 Å². The molecule has 0 saturated heterocycles. The number of hydrogen-bond donors (Lipinski definition) is 2. The van der Waals surface area contributed by atoms with E-state index < -0.39 is 5.97 Å². The molecule has 0 amide bonds. The zero-order valence-corrected chi connectivity index (χ0v) is 10.8. The minimum Gasteiger partial charge on any atom is -0.477 e. The van der Waals surface area contributed by atoms with Gasteiger partial charge in [-0.05, 0) is 36.8 Å². The number of aryl methyl sites for hydroxylation is 1. The number of hydrogen-bond acceptors (Lipinski definition) is 4. The Morgan fingerprint density at radius 1 is 1.42 bits per heavy atom. The number of carbonyl (C=O) groups is 1. The van der Waals surface area contributed by atoms with Gasteiger partial charge in [-0.25, -0.2) is 9.78 Å². The molecular weight excluding hydrogens is 268 g/mol. The van der Waals surface area contributed by atoms with E-state index in [1.807, 2.05) is 6.92 Å². The van der Waals surface area contributed by atoms with Crippen molar-refractivity contribution in [2.75, 3.05) is 5.73 Å². The standard InChI is InChI=1S/C13H11ClN2O3/c1-7-4-9(2-3-11(7)14)19-12-10(13(17)18)5-8(15)6-16-12/h2-6H,15H2,1H3,(H,17,18). The van der Waals surface area contributed by atoms with Gasteiger partial charge < -0.3 is 15.6 Å². The summed E-state index contributed by atoms with van der Waals surface area (Å²) >= 11 is 5.90. The molecule has 0 unspecified atom stereocenters. The first-order chi connectivity index (χ1) is 8.97. The predicted octanol–water partition coefficient (Wildman–Crippen LogP) is 3.12. The smallest absolute Gasteiger partial charge is 0.341 e. The summed E-state index contributed by atoms with van der Waals surface area (Å²) in [5.74, 6) is -0.703. The van der Waals surface area contributed by atoms with Gasteiger partial charge in [-0.2, -0.15) is 0 Å². The van der Waals surface area contributed by atoms with Gasteiger partial charge in [0.15, 0.2) is 0 Å². The summed E-state index contributed by atoms with van der Waals surface area (Å²) in [5, 5.41) is 9.68. The average molecular weight is 279 g/mol. The van der Waals surface area contributed by atoms with Crippen molar-refractivity contribution in [1.82, 2.24) is 4.98 Å². The Morgan fingerprint density at radius 2 is 2.16 bits per heavy atom. The Bertz CT molecular complexity index is 644. The quantitative estimate of drug-likeness (QED) is 0.901. The molecule has 98 valence electrons. The van der Waals surface area contributed by atoms with Crippen LogP contribution in [0.15, 0.2) is 30.5 Å².